The molecule has 2 aromatic carbocycles. The third-order valence-corrected chi connectivity index (χ3v) is 6.16. The van der Waals surface area contributed by atoms with E-state index in [1.165, 1.54) is 4.90 Å². The minimum Gasteiger partial charge on any atom is -0.496 e. The number of fused-ring (bicyclic) bond motifs is 1. The van der Waals surface area contributed by atoms with E-state index in [1.807, 2.05) is 40.7 Å². The number of rotatable bonds is 6. The third kappa shape index (κ3) is 4.19. The molecular weight excluding hydrogens is 420 g/mol. The van der Waals surface area contributed by atoms with E-state index in [0.29, 0.717) is 22.6 Å². The first-order valence-electron chi connectivity index (χ1n) is 11.0. The van der Waals surface area contributed by atoms with Crippen LogP contribution >= 0.6 is 0 Å². The van der Waals surface area contributed by atoms with Crippen LogP contribution in [0.25, 0.3) is 0 Å². The van der Waals surface area contributed by atoms with Gasteiger partial charge in [-0.15, -0.1) is 0 Å². The van der Waals surface area contributed by atoms with Crippen molar-refractivity contribution in [1.82, 2.24) is 0 Å². The average Bonchev–Trinajstić information content (AvgIpc) is 3.06. The maximum Gasteiger partial charge on any atom is 0.330 e. The fourth-order valence-electron chi connectivity index (χ4n) is 4.78. The van der Waals surface area contributed by atoms with Crippen LogP contribution in [0.5, 0.6) is 5.75 Å². The van der Waals surface area contributed by atoms with Crippen molar-refractivity contribution in [2.75, 3.05) is 12.0 Å². The van der Waals surface area contributed by atoms with Crippen LogP contribution in [0.4, 0.5) is 5.69 Å². The molecule has 0 bridgehead atoms. The van der Waals surface area contributed by atoms with Gasteiger partial charge in [0.2, 0.25) is 5.91 Å². The first-order chi connectivity index (χ1) is 15.3. The monoisotopic (exact) mass is 452 g/mol. The number of carbonyl (C=O) groups is 3. The van der Waals surface area contributed by atoms with E-state index in [2.05, 4.69) is 0 Å². The zero-order valence-corrected chi connectivity index (χ0v) is 20.1. The fourth-order valence-corrected chi connectivity index (χ4v) is 4.78. The molecule has 176 valence electrons. The molecule has 7 nitrogen and oxygen atoms in total. The van der Waals surface area contributed by atoms with Gasteiger partial charge in [-0.3, -0.25) is 14.5 Å². The molecule has 3 N–H and O–H groups in total. The van der Waals surface area contributed by atoms with Crippen LogP contribution in [0.2, 0.25) is 0 Å². The Morgan fingerprint density at radius 1 is 1.18 bits per heavy atom. The first-order valence-corrected chi connectivity index (χ1v) is 11.0. The van der Waals surface area contributed by atoms with Crippen LogP contribution in [0.1, 0.15) is 72.9 Å². The van der Waals surface area contributed by atoms with Crippen molar-refractivity contribution in [3.05, 3.63) is 58.7 Å². The molecule has 2 aromatic rings. The minimum absolute atomic E-state index is 0.0118. The molecule has 0 saturated heterocycles. The van der Waals surface area contributed by atoms with Crippen LogP contribution in [0, 0.1) is 5.92 Å². The highest BCUT2D eigenvalue weighted by Crippen LogP contribution is 2.45. The molecule has 3 rings (SSSR count). The number of methoxy groups -OCH3 is 1. The number of primary amides is 1. The summed E-state index contributed by atoms with van der Waals surface area (Å²) in [4.78, 5) is 40.1. The Morgan fingerprint density at radius 2 is 1.85 bits per heavy atom. The van der Waals surface area contributed by atoms with Gasteiger partial charge >= 0.3 is 5.97 Å². The standard InChI is InChI=1S/C26H32N2O5/c1-15(2)13-26(24(31)32)14-18-17(22(27)29)8-7-9-20(18)28(26)23(30)16-10-11-19(25(3,4)5)21(12-16)33-6/h7-12,15H,13-14H2,1-6H3,(H2,27,29)(H,31,32). The highest BCUT2D eigenvalue weighted by molar-refractivity contribution is 6.14. The molecule has 0 saturated carbocycles. The van der Waals surface area contributed by atoms with Gasteiger partial charge in [-0.05, 0) is 53.1 Å². The highest BCUT2D eigenvalue weighted by atomic mass is 16.5. The lowest BCUT2D eigenvalue weighted by atomic mass is 9.83. The quantitative estimate of drug-likeness (QED) is 0.684. The number of nitrogens with zero attached hydrogens (tertiary/aromatic N) is 1. The van der Waals surface area contributed by atoms with E-state index in [-0.39, 0.29) is 29.7 Å². The maximum atomic E-state index is 13.9. The van der Waals surface area contributed by atoms with E-state index in [1.54, 1.807) is 37.4 Å². The number of benzene rings is 2. The normalized spacial score (nSPS) is 17.7. The smallest absolute Gasteiger partial charge is 0.330 e. The zero-order valence-electron chi connectivity index (χ0n) is 20.1. The van der Waals surface area contributed by atoms with Crippen LogP contribution in [-0.4, -0.2) is 35.5 Å². The number of ether oxygens (including phenoxy) is 1. The van der Waals surface area contributed by atoms with Crippen molar-refractivity contribution in [2.24, 2.45) is 11.7 Å². The molecule has 0 fully saturated rings. The second-order valence-electron chi connectivity index (χ2n) is 10.1. The Labute approximate surface area is 194 Å². The predicted molar refractivity (Wildman–Crippen MR) is 127 cm³/mol. The molecule has 1 aliphatic rings. The van der Waals surface area contributed by atoms with Crippen molar-refractivity contribution in [3.8, 4) is 5.75 Å². The summed E-state index contributed by atoms with van der Waals surface area (Å²) in [6.07, 6.45) is 0.232. The number of carbonyl (C=O) groups excluding carboxylic acids is 2. The topological polar surface area (TPSA) is 110 Å². The molecule has 1 heterocycles. The van der Waals surface area contributed by atoms with Crippen molar-refractivity contribution in [1.29, 1.82) is 0 Å². The number of carboxylic acids is 1. The second kappa shape index (κ2) is 8.54. The number of carboxylic acid groups (broad SMARTS) is 1. The maximum absolute atomic E-state index is 13.9. The molecule has 0 aromatic heterocycles. The largest absolute Gasteiger partial charge is 0.496 e. The summed E-state index contributed by atoms with van der Waals surface area (Å²) in [6.45, 7) is 9.96. The second-order valence-corrected chi connectivity index (χ2v) is 10.1. The van der Waals surface area contributed by atoms with Crippen molar-refractivity contribution in [3.63, 3.8) is 0 Å². The SMILES string of the molecule is COc1cc(C(=O)N2c3cccc(C(N)=O)c3CC2(CC(C)C)C(=O)O)ccc1C(C)(C)C. The van der Waals surface area contributed by atoms with Crippen LogP contribution < -0.4 is 15.4 Å². The van der Waals surface area contributed by atoms with E-state index >= 15 is 0 Å². The highest BCUT2D eigenvalue weighted by Gasteiger charge is 2.54. The molecule has 1 atom stereocenters. The molecule has 2 amide bonds. The first kappa shape index (κ1) is 24.3. The molecule has 0 spiro atoms. The van der Waals surface area contributed by atoms with Gasteiger partial charge in [-0.25, -0.2) is 4.79 Å². The summed E-state index contributed by atoms with van der Waals surface area (Å²) in [5, 5.41) is 10.4. The van der Waals surface area contributed by atoms with Crippen molar-refractivity contribution in [2.45, 2.75) is 58.4 Å². The molecule has 0 aliphatic carbocycles. The Morgan fingerprint density at radius 3 is 2.36 bits per heavy atom. The summed E-state index contributed by atoms with van der Waals surface area (Å²) in [7, 11) is 1.55. The number of hydrogen-bond donors (Lipinski definition) is 2. The molecule has 1 unspecified atom stereocenters. The Balaban J connectivity index is 2.23. The fraction of sp³-hybridized carbons (Fsp3) is 0.423. The van der Waals surface area contributed by atoms with E-state index in [0.717, 1.165) is 5.56 Å². The molecular formula is C26H32N2O5. The number of hydrogen-bond acceptors (Lipinski definition) is 4. The molecule has 33 heavy (non-hydrogen) atoms. The van der Waals surface area contributed by atoms with Gasteiger partial charge in [0, 0.05) is 23.2 Å². The van der Waals surface area contributed by atoms with Gasteiger partial charge < -0.3 is 15.6 Å². The summed E-state index contributed by atoms with van der Waals surface area (Å²) < 4.78 is 5.56. The van der Waals surface area contributed by atoms with Crippen LogP contribution in [-0.2, 0) is 16.6 Å². The Bertz CT molecular complexity index is 1120. The van der Waals surface area contributed by atoms with Gasteiger partial charge in [0.1, 0.15) is 11.3 Å². The summed E-state index contributed by atoms with van der Waals surface area (Å²) in [6, 6.07) is 10.1. The van der Waals surface area contributed by atoms with Gasteiger partial charge in [0.15, 0.2) is 0 Å². The lowest BCUT2D eigenvalue weighted by Gasteiger charge is -2.36. The summed E-state index contributed by atoms with van der Waals surface area (Å²) in [5.74, 6) is -1.68. The van der Waals surface area contributed by atoms with Gasteiger partial charge in [-0.2, -0.15) is 0 Å². The van der Waals surface area contributed by atoms with Gasteiger partial charge in [-0.1, -0.05) is 46.8 Å². The number of aliphatic carboxylic acids is 1. The number of amides is 2. The summed E-state index contributed by atoms with van der Waals surface area (Å²) in [5.41, 5.74) is 6.21. The molecule has 1 aliphatic heterocycles. The van der Waals surface area contributed by atoms with Gasteiger partial charge in [0.05, 0.1) is 7.11 Å². The predicted octanol–water partition coefficient (Wildman–Crippen LogP) is 4.16. The van der Waals surface area contributed by atoms with Crippen LogP contribution in [0.15, 0.2) is 36.4 Å². The lowest BCUT2D eigenvalue weighted by molar-refractivity contribution is -0.143. The molecule has 0 radical (unpaired) electrons. The van der Waals surface area contributed by atoms with E-state index < -0.39 is 23.3 Å². The summed E-state index contributed by atoms with van der Waals surface area (Å²) >= 11 is 0. The Kier molecular flexibility index (Phi) is 6.29. The van der Waals surface area contributed by atoms with Crippen molar-refractivity contribution >= 4 is 23.5 Å². The zero-order chi connectivity index (χ0) is 24.7. The van der Waals surface area contributed by atoms with Gasteiger partial charge in [0.25, 0.3) is 5.91 Å². The minimum atomic E-state index is -1.53. The number of nitrogens with two attached hydrogens (primary N) is 1. The van der Waals surface area contributed by atoms with Crippen molar-refractivity contribution < 1.29 is 24.2 Å². The number of anilines is 1. The molecule has 7 heteroatoms. The van der Waals surface area contributed by atoms with E-state index in [9.17, 15) is 19.5 Å². The van der Waals surface area contributed by atoms with Crippen LogP contribution in [0.3, 0.4) is 0 Å². The van der Waals surface area contributed by atoms with E-state index in [4.69, 9.17) is 10.5 Å². The third-order valence-electron chi connectivity index (χ3n) is 6.16. The average molecular weight is 453 g/mol. The lowest BCUT2D eigenvalue weighted by Crippen LogP contribution is -2.56. The Hall–Kier alpha value is -3.35.